The molecule has 0 saturated carbocycles. The van der Waals surface area contributed by atoms with Crippen LogP contribution in [0.3, 0.4) is 0 Å². The van der Waals surface area contributed by atoms with Gasteiger partial charge in [0.2, 0.25) is 0 Å². The Morgan fingerprint density at radius 3 is 2.71 bits per heavy atom. The predicted octanol–water partition coefficient (Wildman–Crippen LogP) is 3.21. The Labute approximate surface area is 102 Å². The largest absolute Gasteiger partial charge is 0.303 e. The van der Waals surface area contributed by atoms with Crippen molar-refractivity contribution in [1.29, 1.82) is 0 Å². The van der Waals surface area contributed by atoms with Crippen LogP contribution in [0.5, 0.6) is 0 Å². The molecule has 3 heterocycles. The smallest absolute Gasteiger partial charge is 0.139 e. The maximum atomic E-state index is 13.1. The lowest BCUT2D eigenvalue weighted by molar-refractivity contribution is 0.619. The number of imidazole rings is 1. The fourth-order valence-corrected chi connectivity index (χ4v) is 2.72. The Hall–Kier alpha value is -1.75. The highest BCUT2D eigenvalue weighted by atomic mass is 32.1. The number of fused-ring (bicyclic) bond motifs is 1. The van der Waals surface area contributed by atoms with Gasteiger partial charge in [-0.1, -0.05) is 0 Å². The van der Waals surface area contributed by atoms with E-state index in [-0.39, 0.29) is 5.82 Å². The van der Waals surface area contributed by atoms with E-state index in [0.717, 1.165) is 26.9 Å². The van der Waals surface area contributed by atoms with E-state index in [2.05, 4.69) is 9.97 Å². The summed E-state index contributed by atoms with van der Waals surface area (Å²) in [5, 5.41) is 1.01. The molecule has 0 spiro atoms. The van der Waals surface area contributed by atoms with Crippen LogP contribution < -0.4 is 0 Å². The summed E-state index contributed by atoms with van der Waals surface area (Å²) in [5.74, 6) is -0.265. The third-order valence-corrected chi connectivity index (χ3v) is 3.65. The molecule has 5 heteroatoms. The van der Waals surface area contributed by atoms with Gasteiger partial charge in [-0.15, -0.1) is 11.3 Å². The fourth-order valence-electron chi connectivity index (χ4n) is 1.84. The van der Waals surface area contributed by atoms with Crippen molar-refractivity contribution in [3.63, 3.8) is 0 Å². The summed E-state index contributed by atoms with van der Waals surface area (Å²) in [6, 6.07) is 3.08. The van der Waals surface area contributed by atoms with Crippen molar-refractivity contribution in [2.24, 2.45) is 0 Å². The molecule has 0 atom stereocenters. The zero-order valence-corrected chi connectivity index (χ0v) is 10.3. The van der Waals surface area contributed by atoms with Gasteiger partial charge in [-0.3, -0.25) is 0 Å². The van der Waals surface area contributed by atoms with Gasteiger partial charge in [0.1, 0.15) is 17.2 Å². The summed E-state index contributed by atoms with van der Waals surface area (Å²) < 4.78 is 14.8. The lowest BCUT2D eigenvalue weighted by Crippen LogP contribution is -1.83. The van der Waals surface area contributed by atoms with Crippen LogP contribution in [0.25, 0.3) is 16.2 Å². The van der Waals surface area contributed by atoms with E-state index in [0.29, 0.717) is 0 Å². The second kappa shape index (κ2) is 3.63. The Morgan fingerprint density at radius 2 is 2.00 bits per heavy atom. The topological polar surface area (TPSA) is 30.2 Å². The first kappa shape index (κ1) is 10.4. The second-order valence-electron chi connectivity index (χ2n) is 3.89. The fraction of sp³-hybridized carbons (Fsp3) is 0.167. The van der Waals surface area contributed by atoms with Crippen molar-refractivity contribution in [3.8, 4) is 10.6 Å². The molecule has 0 aliphatic heterocycles. The maximum absolute atomic E-state index is 13.1. The molecule has 86 valence electrons. The zero-order chi connectivity index (χ0) is 12.0. The molecule has 3 nitrogen and oxygen atoms in total. The summed E-state index contributed by atoms with van der Waals surface area (Å²) >= 11 is 1.61. The first-order valence-electron chi connectivity index (χ1n) is 5.22. The van der Waals surface area contributed by atoms with Crippen LogP contribution in [0.1, 0.15) is 10.7 Å². The molecule has 0 amide bonds. The van der Waals surface area contributed by atoms with E-state index in [1.165, 1.54) is 12.3 Å². The first-order valence-corrected chi connectivity index (χ1v) is 6.04. The van der Waals surface area contributed by atoms with Crippen LogP contribution in [0, 0.1) is 19.7 Å². The number of aromatic nitrogens is 3. The third kappa shape index (κ3) is 1.72. The Bertz CT molecular complexity index is 699. The van der Waals surface area contributed by atoms with Gasteiger partial charge in [-0.05, 0) is 26.0 Å². The van der Waals surface area contributed by atoms with Gasteiger partial charge in [0.15, 0.2) is 0 Å². The normalized spacial score (nSPS) is 11.2. The number of pyridine rings is 1. The highest BCUT2D eigenvalue weighted by Crippen LogP contribution is 2.29. The molecule has 0 fully saturated rings. The van der Waals surface area contributed by atoms with E-state index in [9.17, 15) is 4.39 Å². The molecule has 3 rings (SSSR count). The van der Waals surface area contributed by atoms with Crippen LogP contribution >= 0.6 is 11.3 Å². The summed E-state index contributed by atoms with van der Waals surface area (Å²) in [4.78, 5) is 9.88. The van der Waals surface area contributed by atoms with Gasteiger partial charge < -0.3 is 4.40 Å². The van der Waals surface area contributed by atoms with Crippen LogP contribution in [0.4, 0.5) is 4.39 Å². The van der Waals surface area contributed by atoms with E-state index in [1.54, 1.807) is 21.8 Å². The number of thiazole rings is 1. The van der Waals surface area contributed by atoms with Crippen molar-refractivity contribution >= 4 is 17.0 Å². The van der Waals surface area contributed by atoms with Gasteiger partial charge in [-0.2, -0.15) is 0 Å². The average molecular weight is 247 g/mol. The quantitative estimate of drug-likeness (QED) is 0.661. The van der Waals surface area contributed by atoms with Crippen LogP contribution in [0.15, 0.2) is 24.5 Å². The highest BCUT2D eigenvalue weighted by molar-refractivity contribution is 7.15. The monoisotopic (exact) mass is 247 g/mol. The molecule has 0 bridgehead atoms. The minimum Gasteiger partial charge on any atom is -0.303 e. The number of rotatable bonds is 1. The number of hydrogen-bond acceptors (Lipinski definition) is 3. The number of halogens is 1. The van der Waals surface area contributed by atoms with Gasteiger partial charge in [0, 0.05) is 12.4 Å². The van der Waals surface area contributed by atoms with Gasteiger partial charge in [-0.25, -0.2) is 14.4 Å². The molecule has 0 radical (unpaired) electrons. The molecule has 0 saturated heterocycles. The minimum absolute atomic E-state index is 0.265. The lowest BCUT2D eigenvalue weighted by Gasteiger charge is -1.90. The second-order valence-corrected chi connectivity index (χ2v) is 5.09. The summed E-state index contributed by atoms with van der Waals surface area (Å²) in [7, 11) is 0. The Balaban J connectivity index is 2.21. The van der Waals surface area contributed by atoms with Gasteiger partial charge in [0.05, 0.1) is 15.6 Å². The number of nitrogens with zero attached hydrogens (tertiary/aromatic N) is 3. The predicted molar refractivity (Wildman–Crippen MR) is 65.7 cm³/mol. The molecule has 3 aromatic heterocycles. The Kier molecular flexibility index (Phi) is 2.22. The van der Waals surface area contributed by atoms with E-state index >= 15 is 0 Å². The van der Waals surface area contributed by atoms with E-state index < -0.39 is 0 Å². The summed E-state index contributed by atoms with van der Waals surface area (Å²) in [6.07, 6.45) is 3.26. The molecule has 3 aromatic rings. The lowest BCUT2D eigenvalue weighted by atomic mass is 10.3. The highest BCUT2D eigenvalue weighted by Gasteiger charge is 2.11. The van der Waals surface area contributed by atoms with Crippen molar-refractivity contribution in [1.82, 2.24) is 14.4 Å². The van der Waals surface area contributed by atoms with E-state index in [1.807, 2.05) is 20.0 Å². The number of hydrogen-bond donors (Lipinski definition) is 0. The molecular weight excluding hydrogens is 237 g/mol. The van der Waals surface area contributed by atoms with Crippen molar-refractivity contribution in [2.45, 2.75) is 13.8 Å². The van der Waals surface area contributed by atoms with Crippen LogP contribution in [0.2, 0.25) is 0 Å². The third-order valence-electron chi connectivity index (χ3n) is 2.55. The zero-order valence-electron chi connectivity index (χ0n) is 9.44. The molecule has 0 unspecified atom stereocenters. The minimum atomic E-state index is -0.265. The van der Waals surface area contributed by atoms with Crippen molar-refractivity contribution in [2.75, 3.05) is 0 Å². The molecule has 17 heavy (non-hydrogen) atoms. The van der Waals surface area contributed by atoms with Crippen LogP contribution in [-0.2, 0) is 0 Å². The van der Waals surface area contributed by atoms with Crippen LogP contribution in [-0.4, -0.2) is 14.4 Å². The number of aryl methyl sites for hydroxylation is 2. The van der Waals surface area contributed by atoms with Crippen molar-refractivity contribution in [3.05, 3.63) is 41.0 Å². The summed E-state index contributed by atoms with van der Waals surface area (Å²) in [6.45, 7) is 3.93. The Morgan fingerprint density at radius 1 is 1.18 bits per heavy atom. The van der Waals surface area contributed by atoms with Gasteiger partial charge >= 0.3 is 0 Å². The van der Waals surface area contributed by atoms with Crippen molar-refractivity contribution < 1.29 is 4.39 Å². The average Bonchev–Trinajstić information content (AvgIpc) is 2.80. The molecule has 0 N–H and O–H groups in total. The molecule has 0 aliphatic rings. The van der Waals surface area contributed by atoms with Gasteiger partial charge in [0.25, 0.3) is 0 Å². The molecule has 0 aromatic carbocycles. The standard InChI is InChI=1S/C12H10FN3S/c1-7-12(17-8(2)14-7)10-6-16-5-9(13)3-4-11(16)15-10/h3-6H,1-2H3. The van der Waals surface area contributed by atoms with E-state index in [4.69, 9.17) is 0 Å². The maximum Gasteiger partial charge on any atom is 0.139 e. The summed E-state index contributed by atoms with van der Waals surface area (Å²) in [5.41, 5.74) is 2.56. The first-order chi connectivity index (χ1) is 8.13. The molecule has 0 aliphatic carbocycles. The molecular formula is C12H10FN3S. The SMILES string of the molecule is Cc1nc(C)c(-c2cn3cc(F)ccc3n2)s1.